The topological polar surface area (TPSA) is 96.5 Å². The van der Waals surface area contributed by atoms with E-state index >= 15 is 0 Å². The summed E-state index contributed by atoms with van der Waals surface area (Å²) in [5, 5.41) is 9.91. The van der Waals surface area contributed by atoms with Gasteiger partial charge >= 0.3 is 0 Å². The molecule has 1 aliphatic rings. The fraction of sp³-hybridized carbons (Fsp3) is 0.583. The molecule has 3 N–H and O–H groups in total. The van der Waals surface area contributed by atoms with Gasteiger partial charge in [0.1, 0.15) is 0 Å². The molecule has 0 radical (unpaired) electrons. The molecule has 1 saturated heterocycles. The van der Waals surface area contributed by atoms with E-state index in [4.69, 9.17) is 5.73 Å². The maximum absolute atomic E-state index is 12.4. The quantitative estimate of drug-likeness (QED) is 0.784. The second-order valence-corrected chi connectivity index (χ2v) is 6.95. The van der Waals surface area contributed by atoms with Crippen molar-refractivity contribution in [1.82, 2.24) is 9.29 Å². The van der Waals surface area contributed by atoms with Gasteiger partial charge in [0, 0.05) is 25.3 Å². The molecular formula is C12H19N3O3S. The first-order valence-corrected chi connectivity index (χ1v) is 7.70. The van der Waals surface area contributed by atoms with Crippen molar-refractivity contribution in [3.63, 3.8) is 0 Å². The molecule has 1 aliphatic heterocycles. The van der Waals surface area contributed by atoms with Gasteiger partial charge in [0.05, 0.1) is 6.10 Å². The molecule has 3 atom stereocenters. The zero-order chi connectivity index (χ0) is 14.0. The molecule has 0 saturated carbocycles. The zero-order valence-corrected chi connectivity index (χ0v) is 11.6. The van der Waals surface area contributed by atoms with Crippen LogP contribution in [0.3, 0.4) is 0 Å². The number of hydrogen-bond acceptors (Lipinski definition) is 5. The highest BCUT2D eigenvalue weighted by Gasteiger charge is 2.34. The van der Waals surface area contributed by atoms with Crippen molar-refractivity contribution >= 4 is 10.0 Å². The first kappa shape index (κ1) is 14.4. The smallest absolute Gasteiger partial charge is 0.260 e. The van der Waals surface area contributed by atoms with Crippen LogP contribution in [0.25, 0.3) is 0 Å². The van der Waals surface area contributed by atoms with Gasteiger partial charge in [-0.2, -0.15) is 4.31 Å². The molecule has 7 heteroatoms. The number of aliphatic hydroxyl groups excluding tert-OH is 1. The molecule has 2 rings (SSSR count). The number of aliphatic hydroxyl groups is 1. The zero-order valence-electron chi connectivity index (χ0n) is 10.8. The lowest BCUT2D eigenvalue weighted by atomic mass is 10.0. The number of hydrogen-bond donors (Lipinski definition) is 2. The maximum Gasteiger partial charge on any atom is 0.260 e. The van der Waals surface area contributed by atoms with E-state index < -0.39 is 16.1 Å². The molecule has 0 aromatic carbocycles. The average molecular weight is 285 g/mol. The van der Waals surface area contributed by atoms with Gasteiger partial charge in [-0.05, 0) is 24.5 Å². The van der Waals surface area contributed by atoms with Crippen molar-refractivity contribution in [3.05, 3.63) is 24.4 Å². The Bertz CT molecular complexity index is 520. The van der Waals surface area contributed by atoms with Crippen LogP contribution in [0.15, 0.2) is 29.4 Å². The molecule has 0 unspecified atom stereocenters. The highest BCUT2D eigenvalue weighted by Crippen LogP contribution is 2.21. The third kappa shape index (κ3) is 3.11. The number of pyridine rings is 1. The summed E-state index contributed by atoms with van der Waals surface area (Å²) in [6, 6.07) is 4.36. The van der Waals surface area contributed by atoms with Gasteiger partial charge in [0.2, 0.25) is 0 Å². The summed E-state index contributed by atoms with van der Waals surface area (Å²) in [4.78, 5) is 3.88. The third-order valence-electron chi connectivity index (χ3n) is 3.32. The van der Waals surface area contributed by atoms with Crippen molar-refractivity contribution in [3.8, 4) is 0 Å². The number of nitrogens with zero attached hydrogens (tertiary/aromatic N) is 2. The van der Waals surface area contributed by atoms with E-state index in [1.54, 1.807) is 12.1 Å². The Morgan fingerprint density at radius 1 is 1.42 bits per heavy atom. The molecule has 106 valence electrons. The highest BCUT2D eigenvalue weighted by molar-refractivity contribution is 7.89. The second-order valence-electron chi connectivity index (χ2n) is 5.06. The summed E-state index contributed by atoms with van der Waals surface area (Å²) in [5.41, 5.74) is 5.83. The third-order valence-corrected chi connectivity index (χ3v) is 5.06. The number of β-amino-alcohol motifs (C(OH)–C–C–N with tert-alkyl or cyclic N) is 1. The summed E-state index contributed by atoms with van der Waals surface area (Å²) in [6.07, 6.45) is 1.20. The van der Waals surface area contributed by atoms with Crippen LogP contribution in [-0.2, 0) is 10.0 Å². The minimum atomic E-state index is -3.67. The fourth-order valence-electron chi connectivity index (χ4n) is 2.29. The molecule has 19 heavy (non-hydrogen) atoms. The van der Waals surface area contributed by atoms with Gasteiger partial charge in [-0.1, -0.05) is 13.0 Å². The van der Waals surface area contributed by atoms with Crippen LogP contribution in [0.5, 0.6) is 0 Å². The first-order valence-electron chi connectivity index (χ1n) is 6.26. The van der Waals surface area contributed by atoms with Crippen LogP contribution < -0.4 is 5.73 Å². The van der Waals surface area contributed by atoms with Crippen molar-refractivity contribution in [2.45, 2.75) is 30.5 Å². The summed E-state index contributed by atoms with van der Waals surface area (Å²) in [7, 11) is -3.67. The molecule has 0 aliphatic carbocycles. The van der Waals surface area contributed by atoms with Gasteiger partial charge in [0.15, 0.2) is 5.03 Å². The Morgan fingerprint density at radius 2 is 2.16 bits per heavy atom. The van der Waals surface area contributed by atoms with Crippen molar-refractivity contribution in [2.75, 3.05) is 13.1 Å². The minimum Gasteiger partial charge on any atom is -0.390 e. The lowest BCUT2D eigenvalue weighted by molar-refractivity contribution is 0.130. The van der Waals surface area contributed by atoms with Gasteiger partial charge < -0.3 is 10.8 Å². The first-order chi connectivity index (χ1) is 8.91. The van der Waals surface area contributed by atoms with Crippen LogP contribution >= 0.6 is 0 Å². The molecule has 0 amide bonds. The average Bonchev–Trinajstić information content (AvgIpc) is 2.50. The minimum absolute atomic E-state index is 0.00451. The summed E-state index contributed by atoms with van der Waals surface area (Å²) in [5.74, 6) is 0.102. The van der Waals surface area contributed by atoms with E-state index in [-0.39, 0.29) is 23.5 Å². The van der Waals surface area contributed by atoms with Crippen LogP contribution in [0.1, 0.15) is 13.3 Å². The van der Waals surface area contributed by atoms with Crippen LogP contribution in [-0.4, -0.2) is 48.0 Å². The number of sulfonamides is 1. The van der Waals surface area contributed by atoms with Gasteiger partial charge in [0.25, 0.3) is 10.0 Å². The van der Waals surface area contributed by atoms with E-state index in [1.165, 1.54) is 16.6 Å². The van der Waals surface area contributed by atoms with E-state index in [9.17, 15) is 13.5 Å². The summed E-state index contributed by atoms with van der Waals surface area (Å²) < 4.78 is 26.2. The number of rotatable bonds is 2. The predicted molar refractivity (Wildman–Crippen MR) is 70.8 cm³/mol. The Kier molecular flexibility index (Phi) is 4.19. The monoisotopic (exact) mass is 285 g/mol. The molecular weight excluding hydrogens is 266 g/mol. The SMILES string of the molecule is C[C@H]1C[C@H](N)[C@@H](O)CN(S(=O)(=O)c2ccccn2)C1. The Hall–Kier alpha value is -1.02. The van der Waals surface area contributed by atoms with Crippen LogP contribution in [0.2, 0.25) is 0 Å². The van der Waals surface area contributed by atoms with E-state index in [2.05, 4.69) is 4.98 Å². The van der Waals surface area contributed by atoms with Crippen LogP contribution in [0.4, 0.5) is 0 Å². The standard InChI is InChI=1S/C12H19N3O3S/c1-9-6-10(13)11(16)8-15(7-9)19(17,18)12-4-2-3-5-14-12/h2-5,9-11,16H,6-8,13H2,1H3/t9-,10-,11-/m0/s1. The van der Waals surface area contributed by atoms with Crippen molar-refractivity contribution < 1.29 is 13.5 Å². The van der Waals surface area contributed by atoms with Crippen molar-refractivity contribution in [2.24, 2.45) is 11.7 Å². The number of nitrogens with two attached hydrogens (primary N) is 1. The Labute approximate surface area is 113 Å². The highest BCUT2D eigenvalue weighted by atomic mass is 32.2. The fourth-order valence-corrected chi connectivity index (χ4v) is 3.80. The van der Waals surface area contributed by atoms with Gasteiger partial charge in [-0.15, -0.1) is 0 Å². The van der Waals surface area contributed by atoms with Crippen LogP contribution in [0, 0.1) is 5.92 Å². The predicted octanol–water partition coefficient (Wildman–Crippen LogP) is -0.200. The normalized spacial score (nSPS) is 29.9. The van der Waals surface area contributed by atoms with Gasteiger partial charge in [-0.3, -0.25) is 0 Å². The lowest BCUT2D eigenvalue weighted by Gasteiger charge is -2.23. The van der Waals surface area contributed by atoms with Crippen molar-refractivity contribution in [1.29, 1.82) is 0 Å². The molecule has 2 heterocycles. The number of aromatic nitrogens is 1. The maximum atomic E-state index is 12.4. The van der Waals surface area contributed by atoms with Gasteiger partial charge in [-0.25, -0.2) is 13.4 Å². The molecule has 1 aromatic rings. The van der Waals surface area contributed by atoms with E-state index in [1.807, 2.05) is 6.92 Å². The summed E-state index contributed by atoms with van der Waals surface area (Å²) in [6.45, 7) is 2.30. The lowest BCUT2D eigenvalue weighted by Crippen LogP contribution is -2.42. The second kappa shape index (κ2) is 5.54. The largest absolute Gasteiger partial charge is 0.390 e. The molecule has 0 bridgehead atoms. The summed E-state index contributed by atoms with van der Waals surface area (Å²) >= 11 is 0. The Morgan fingerprint density at radius 3 is 2.79 bits per heavy atom. The molecule has 6 nitrogen and oxygen atoms in total. The Balaban J connectivity index is 2.30. The molecule has 1 aromatic heterocycles. The molecule has 0 spiro atoms. The molecule has 1 fully saturated rings. The van der Waals surface area contributed by atoms with E-state index in [0.29, 0.717) is 13.0 Å². The van der Waals surface area contributed by atoms with E-state index in [0.717, 1.165) is 0 Å².